The molecule has 0 unspecified atom stereocenters. The van der Waals surface area contributed by atoms with Gasteiger partial charge < -0.3 is 25.2 Å². The van der Waals surface area contributed by atoms with Crippen LogP contribution in [0.2, 0.25) is 5.28 Å². The summed E-state index contributed by atoms with van der Waals surface area (Å²) in [4.78, 5) is 14.4. The van der Waals surface area contributed by atoms with Crippen LogP contribution in [0.1, 0.15) is 13.3 Å². The van der Waals surface area contributed by atoms with Crippen LogP contribution in [0.4, 0.5) is 11.9 Å². The van der Waals surface area contributed by atoms with Crippen LogP contribution >= 0.6 is 11.6 Å². The molecule has 1 saturated heterocycles. The quantitative estimate of drug-likeness (QED) is 0.668. The van der Waals surface area contributed by atoms with Gasteiger partial charge in [0, 0.05) is 13.1 Å². The van der Waals surface area contributed by atoms with Gasteiger partial charge in [-0.2, -0.15) is 15.0 Å². The number of anilines is 2. The molecule has 1 aromatic heterocycles. The number of aliphatic hydroxyl groups excluding tert-OH is 2. The van der Waals surface area contributed by atoms with Gasteiger partial charge in [-0.3, -0.25) is 0 Å². The molecule has 118 valence electrons. The van der Waals surface area contributed by atoms with Crippen LogP contribution in [-0.4, -0.2) is 70.2 Å². The molecule has 21 heavy (non-hydrogen) atoms. The standard InChI is InChI=1S/C12H20ClN5O3/c1-2-12(7-19,8-20)17-10-14-9(13)15-11(16-10)18-3-5-21-6-4-18/h19-20H,2-8H2,1H3,(H,14,15,16,17). The Morgan fingerprint density at radius 1 is 1.24 bits per heavy atom. The van der Waals surface area contributed by atoms with Gasteiger partial charge in [0.25, 0.3) is 0 Å². The summed E-state index contributed by atoms with van der Waals surface area (Å²) in [5, 5.41) is 22.0. The Morgan fingerprint density at radius 2 is 1.90 bits per heavy atom. The maximum absolute atomic E-state index is 9.47. The smallest absolute Gasteiger partial charge is 0.231 e. The molecular weight excluding hydrogens is 298 g/mol. The lowest BCUT2D eigenvalue weighted by atomic mass is 9.99. The van der Waals surface area contributed by atoms with Gasteiger partial charge in [-0.15, -0.1) is 0 Å². The molecule has 9 heteroatoms. The van der Waals surface area contributed by atoms with Gasteiger partial charge >= 0.3 is 0 Å². The monoisotopic (exact) mass is 317 g/mol. The van der Waals surface area contributed by atoms with Crippen molar-refractivity contribution in [2.45, 2.75) is 18.9 Å². The number of hydrogen-bond acceptors (Lipinski definition) is 8. The van der Waals surface area contributed by atoms with Crippen LogP contribution in [0, 0.1) is 0 Å². The average Bonchev–Trinajstić information content (AvgIpc) is 2.53. The maximum atomic E-state index is 9.47. The minimum atomic E-state index is -0.882. The SMILES string of the molecule is CCC(CO)(CO)Nc1nc(Cl)nc(N2CCOCC2)n1. The molecule has 1 fully saturated rings. The molecule has 0 aliphatic carbocycles. The summed E-state index contributed by atoms with van der Waals surface area (Å²) in [7, 11) is 0. The minimum Gasteiger partial charge on any atom is -0.394 e. The summed E-state index contributed by atoms with van der Waals surface area (Å²) in [5.74, 6) is 0.697. The zero-order valence-corrected chi connectivity index (χ0v) is 12.7. The molecule has 1 aliphatic rings. The highest BCUT2D eigenvalue weighted by molar-refractivity contribution is 6.28. The first-order valence-corrected chi connectivity index (χ1v) is 7.24. The van der Waals surface area contributed by atoms with E-state index in [1.165, 1.54) is 0 Å². The van der Waals surface area contributed by atoms with E-state index in [9.17, 15) is 10.2 Å². The molecule has 1 aliphatic heterocycles. The maximum Gasteiger partial charge on any atom is 0.231 e. The van der Waals surface area contributed by atoms with E-state index < -0.39 is 5.54 Å². The largest absolute Gasteiger partial charge is 0.394 e. The van der Waals surface area contributed by atoms with Crippen LogP contribution in [0.15, 0.2) is 0 Å². The molecule has 0 spiro atoms. The van der Waals surface area contributed by atoms with Crippen molar-refractivity contribution < 1.29 is 14.9 Å². The number of ether oxygens (including phenoxy) is 1. The normalized spacial score (nSPS) is 16.1. The first-order chi connectivity index (χ1) is 10.1. The zero-order valence-electron chi connectivity index (χ0n) is 11.9. The van der Waals surface area contributed by atoms with Crippen LogP contribution < -0.4 is 10.2 Å². The number of nitrogens with zero attached hydrogens (tertiary/aromatic N) is 4. The Kier molecular flexibility index (Phi) is 5.51. The second-order valence-electron chi connectivity index (χ2n) is 4.90. The number of hydrogen-bond donors (Lipinski definition) is 3. The first kappa shape index (κ1) is 16.2. The highest BCUT2D eigenvalue weighted by atomic mass is 35.5. The fourth-order valence-electron chi connectivity index (χ4n) is 1.98. The van der Waals surface area contributed by atoms with E-state index in [1.807, 2.05) is 11.8 Å². The summed E-state index contributed by atoms with van der Waals surface area (Å²) in [6.07, 6.45) is 0.510. The van der Waals surface area contributed by atoms with Crippen molar-refractivity contribution in [1.82, 2.24) is 15.0 Å². The number of aliphatic hydroxyl groups is 2. The third-order valence-electron chi connectivity index (χ3n) is 3.55. The minimum absolute atomic E-state index is 0.0647. The topological polar surface area (TPSA) is 104 Å². The van der Waals surface area contributed by atoms with Crippen molar-refractivity contribution >= 4 is 23.5 Å². The molecule has 0 amide bonds. The Balaban J connectivity index is 2.21. The summed E-state index contributed by atoms with van der Waals surface area (Å²) in [6.45, 7) is 3.95. The van der Waals surface area contributed by atoms with Crippen LogP contribution in [0.3, 0.4) is 0 Å². The van der Waals surface area contributed by atoms with Gasteiger partial charge in [0.15, 0.2) is 0 Å². The van der Waals surface area contributed by atoms with Crippen molar-refractivity contribution in [3.63, 3.8) is 0 Å². The van der Waals surface area contributed by atoms with Gasteiger partial charge in [-0.1, -0.05) is 6.92 Å². The van der Waals surface area contributed by atoms with Gasteiger partial charge in [-0.05, 0) is 18.0 Å². The number of nitrogens with one attached hydrogen (secondary N) is 1. The van der Waals surface area contributed by atoms with Crippen molar-refractivity contribution in [3.05, 3.63) is 5.28 Å². The predicted octanol–water partition coefficient (Wildman–Crippen LogP) is -0.0931. The Hall–Kier alpha value is -1.22. The van der Waals surface area contributed by atoms with Crippen molar-refractivity contribution in [2.75, 3.05) is 49.7 Å². The summed E-state index contributed by atoms with van der Waals surface area (Å²) >= 11 is 5.94. The number of halogens is 1. The molecule has 0 atom stereocenters. The molecule has 0 bridgehead atoms. The molecule has 0 radical (unpaired) electrons. The molecular formula is C12H20ClN5O3. The Bertz CT molecular complexity index is 458. The summed E-state index contributed by atoms with van der Waals surface area (Å²) < 4.78 is 5.29. The Labute approximate surface area is 128 Å². The molecule has 1 aromatic rings. The Morgan fingerprint density at radius 3 is 2.48 bits per heavy atom. The fraction of sp³-hybridized carbons (Fsp3) is 0.750. The molecule has 0 aromatic carbocycles. The summed E-state index contributed by atoms with van der Waals surface area (Å²) in [5.41, 5.74) is -0.882. The highest BCUT2D eigenvalue weighted by Crippen LogP contribution is 2.19. The number of aromatic nitrogens is 3. The lowest BCUT2D eigenvalue weighted by Gasteiger charge is -2.30. The van der Waals surface area contributed by atoms with E-state index in [4.69, 9.17) is 16.3 Å². The molecule has 3 N–H and O–H groups in total. The lowest BCUT2D eigenvalue weighted by Crippen LogP contribution is -2.46. The zero-order chi connectivity index (χ0) is 15.3. The van der Waals surface area contributed by atoms with E-state index in [-0.39, 0.29) is 24.4 Å². The highest BCUT2D eigenvalue weighted by Gasteiger charge is 2.28. The number of morpholine rings is 1. The van der Waals surface area contributed by atoms with Crippen molar-refractivity contribution in [2.24, 2.45) is 0 Å². The van der Waals surface area contributed by atoms with Gasteiger partial charge in [-0.25, -0.2) is 0 Å². The van der Waals surface area contributed by atoms with E-state index in [0.717, 1.165) is 0 Å². The molecule has 2 rings (SSSR count). The molecule has 0 saturated carbocycles. The van der Waals surface area contributed by atoms with Crippen LogP contribution in [-0.2, 0) is 4.74 Å². The van der Waals surface area contributed by atoms with E-state index in [1.54, 1.807) is 0 Å². The van der Waals surface area contributed by atoms with Crippen molar-refractivity contribution in [3.8, 4) is 0 Å². The molecule has 8 nitrogen and oxygen atoms in total. The second kappa shape index (κ2) is 7.17. The lowest BCUT2D eigenvalue weighted by molar-refractivity contribution is 0.122. The average molecular weight is 318 g/mol. The van der Waals surface area contributed by atoms with Crippen LogP contribution in [0.25, 0.3) is 0 Å². The van der Waals surface area contributed by atoms with Crippen molar-refractivity contribution in [1.29, 1.82) is 0 Å². The van der Waals surface area contributed by atoms with Gasteiger partial charge in [0.05, 0.1) is 32.0 Å². The summed E-state index contributed by atoms with van der Waals surface area (Å²) in [6, 6.07) is 0. The van der Waals surface area contributed by atoms with E-state index in [2.05, 4.69) is 20.3 Å². The third kappa shape index (κ3) is 3.91. The molecule has 2 heterocycles. The third-order valence-corrected chi connectivity index (χ3v) is 3.72. The van der Waals surface area contributed by atoms with E-state index in [0.29, 0.717) is 38.7 Å². The fourth-order valence-corrected chi connectivity index (χ4v) is 2.13. The van der Waals surface area contributed by atoms with E-state index >= 15 is 0 Å². The van der Waals surface area contributed by atoms with Gasteiger partial charge in [0.2, 0.25) is 17.2 Å². The first-order valence-electron chi connectivity index (χ1n) is 6.86. The van der Waals surface area contributed by atoms with Gasteiger partial charge in [0.1, 0.15) is 0 Å². The second-order valence-corrected chi connectivity index (χ2v) is 5.24. The predicted molar refractivity (Wildman–Crippen MR) is 78.7 cm³/mol. The van der Waals surface area contributed by atoms with Crippen LogP contribution in [0.5, 0.6) is 0 Å². The number of rotatable bonds is 6.